The van der Waals surface area contributed by atoms with Crippen LogP contribution in [-0.2, 0) is 9.53 Å². The molecule has 20 heavy (non-hydrogen) atoms. The molecule has 0 saturated carbocycles. The van der Waals surface area contributed by atoms with Crippen molar-refractivity contribution in [3.05, 3.63) is 20.3 Å². The van der Waals surface area contributed by atoms with E-state index in [0.29, 0.717) is 33.9 Å². The lowest BCUT2D eigenvalue weighted by Crippen LogP contribution is -2.57. The standard InChI is InChI=1S/C12H14Cl2N2O3S/c1-2-19-12(18)8-6-15-3-4-16(8)11(17)7-5-9(13)20-10(7)14/h5,8,15H,2-4,6H2,1H3. The number of thiophene rings is 1. The van der Waals surface area contributed by atoms with Gasteiger partial charge in [0.1, 0.15) is 10.4 Å². The summed E-state index contributed by atoms with van der Waals surface area (Å²) in [6.07, 6.45) is 0. The summed E-state index contributed by atoms with van der Waals surface area (Å²) in [7, 11) is 0. The summed E-state index contributed by atoms with van der Waals surface area (Å²) in [4.78, 5) is 25.9. The van der Waals surface area contributed by atoms with E-state index >= 15 is 0 Å². The molecule has 2 heterocycles. The van der Waals surface area contributed by atoms with Gasteiger partial charge in [-0.15, -0.1) is 11.3 Å². The Morgan fingerprint density at radius 1 is 1.55 bits per heavy atom. The minimum absolute atomic E-state index is 0.280. The van der Waals surface area contributed by atoms with Crippen molar-refractivity contribution in [3.63, 3.8) is 0 Å². The molecule has 0 radical (unpaired) electrons. The highest BCUT2D eigenvalue weighted by molar-refractivity contribution is 7.20. The first kappa shape index (κ1) is 15.6. The van der Waals surface area contributed by atoms with Crippen molar-refractivity contribution in [3.8, 4) is 0 Å². The molecule has 0 spiro atoms. The number of nitrogens with one attached hydrogen (secondary N) is 1. The number of esters is 1. The molecule has 110 valence electrons. The first-order valence-electron chi connectivity index (χ1n) is 6.17. The SMILES string of the molecule is CCOC(=O)C1CNCCN1C(=O)c1cc(Cl)sc1Cl. The van der Waals surface area contributed by atoms with Crippen LogP contribution >= 0.6 is 34.5 Å². The highest BCUT2D eigenvalue weighted by Gasteiger charge is 2.34. The lowest BCUT2D eigenvalue weighted by Gasteiger charge is -2.34. The Balaban J connectivity index is 2.21. The minimum atomic E-state index is -0.633. The lowest BCUT2D eigenvalue weighted by molar-refractivity contribution is -0.149. The van der Waals surface area contributed by atoms with Crippen molar-refractivity contribution >= 4 is 46.4 Å². The summed E-state index contributed by atoms with van der Waals surface area (Å²) in [5.74, 6) is -0.705. The van der Waals surface area contributed by atoms with Crippen LogP contribution in [0, 0.1) is 0 Å². The van der Waals surface area contributed by atoms with Crippen LogP contribution in [-0.4, -0.2) is 49.1 Å². The third-order valence-electron chi connectivity index (χ3n) is 2.95. The Morgan fingerprint density at radius 3 is 2.90 bits per heavy atom. The van der Waals surface area contributed by atoms with Crippen LogP contribution in [0.5, 0.6) is 0 Å². The topological polar surface area (TPSA) is 58.6 Å². The van der Waals surface area contributed by atoms with Gasteiger partial charge < -0.3 is 15.0 Å². The number of carbonyl (C=O) groups excluding carboxylic acids is 2. The van der Waals surface area contributed by atoms with Crippen LogP contribution < -0.4 is 5.32 Å². The molecule has 0 bridgehead atoms. The molecule has 1 atom stereocenters. The van der Waals surface area contributed by atoms with Gasteiger partial charge in [0.05, 0.1) is 16.5 Å². The molecule has 1 fully saturated rings. The second kappa shape index (κ2) is 6.76. The van der Waals surface area contributed by atoms with Gasteiger partial charge in [0, 0.05) is 19.6 Å². The van der Waals surface area contributed by atoms with Gasteiger partial charge in [-0.1, -0.05) is 23.2 Å². The van der Waals surface area contributed by atoms with E-state index in [4.69, 9.17) is 27.9 Å². The van der Waals surface area contributed by atoms with Crippen LogP contribution in [0.25, 0.3) is 0 Å². The van der Waals surface area contributed by atoms with Crippen LogP contribution in [0.15, 0.2) is 6.07 Å². The third kappa shape index (κ3) is 3.25. The van der Waals surface area contributed by atoms with E-state index in [1.54, 1.807) is 6.92 Å². The zero-order valence-electron chi connectivity index (χ0n) is 10.8. The summed E-state index contributed by atoms with van der Waals surface area (Å²) in [6, 6.07) is 0.896. The molecule has 1 unspecified atom stereocenters. The van der Waals surface area contributed by atoms with Crippen LogP contribution in [0.3, 0.4) is 0 Å². The predicted molar refractivity (Wildman–Crippen MR) is 78.7 cm³/mol. The van der Waals surface area contributed by atoms with Crippen molar-refractivity contribution in [2.45, 2.75) is 13.0 Å². The molecular formula is C12H14Cl2N2O3S. The second-order valence-electron chi connectivity index (χ2n) is 4.21. The first-order chi connectivity index (χ1) is 9.54. The number of rotatable bonds is 3. The molecule has 0 aromatic carbocycles. The van der Waals surface area contributed by atoms with Gasteiger partial charge in [-0.05, 0) is 13.0 Å². The maximum absolute atomic E-state index is 12.5. The highest BCUT2D eigenvalue weighted by atomic mass is 35.5. The number of nitrogens with zero attached hydrogens (tertiary/aromatic N) is 1. The first-order valence-corrected chi connectivity index (χ1v) is 7.75. The molecule has 1 amide bonds. The number of hydrogen-bond donors (Lipinski definition) is 1. The molecule has 1 N–H and O–H groups in total. The molecule has 2 rings (SSSR count). The van der Waals surface area contributed by atoms with Gasteiger partial charge in [0.15, 0.2) is 0 Å². The number of carbonyl (C=O) groups is 2. The van der Waals surface area contributed by atoms with Crippen LogP contribution in [0.4, 0.5) is 0 Å². The second-order valence-corrected chi connectivity index (χ2v) is 6.49. The van der Waals surface area contributed by atoms with Crippen molar-refractivity contribution < 1.29 is 14.3 Å². The Hall–Kier alpha value is -0.820. The van der Waals surface area contributed by atoms with E-state index in [0.717, 1.165) is 11.3 Å². The maximum Gasteiger partial charge on any atom is 0.330 e. The van der Waals surface area contributed by atoms with E-state index in [1.165, 1.54) is 11.0 Å². The van der Waals surface area contributed by atoms with E-state index in [1.807, 2.05) is 0 Å². The molecule has 0 aliphatic carbocycles. The van der Waals surface area contributed by atoms with Crippen LogP contribution in [0.2, 0.25) is 8.67 Å². The molecule has 5 nitrogen and oxygen atoms in total. The fourth-order valence-electron chi connectivity index (χ4n) is 2.04. The normalized spacial score (nSPS) is 18.9. The Kier molecular flexibility index (Phi) is 5.26. The molecular weight excluding hydrogens is 323 g/mol. The quantitative estimate of drug-likeness (QED) is 0.858. The molecule has 1 saturated heterocycles. The van der Waals surface area contributed by atoms with E-state index in [2.05, 4.69) is 5.32 Å². The monoisotopic (exact) mass is 336 g/mol. The van der Waals surface area contributed by atoms with Crippen molar-refractivity contribution in [2.24, 2.45) is 0 Å². The third-order valence-corrected chi connectivity index (χ3v) is 4.44. The van der Waals surface area contributed by atoms with Crippen molar-refractivity contribution in [2.75, 3.05) is 26.2 Å². The van der Waals surface area contributed by atoms with Crippen molar-refractivity contribution in [1.29, 1.82) is 0 Å². The zero-order chi connectivity index (χ0) is 14.7. The summed E-state index contributed by atoms with van der Waals surface area (Å²) >= 11 is 13.0. The highest BCUT2D eigenvalue weighted by Crippen LogP contribution is 2.32. The Labute approximate surface area is 130 Å². The van der Waals surface area contributed by atoms with E-state index in [9.17, 15) is 9.59 Å². The Morgan fingerprint density at radius 2 is 2.30 bits per heavy atom. The summed E-state index contributed by atoms with van der Waals surface area (Å²) in [6.45, 7) is 3.43. The molecule has 8 heteroatoms. The molecule has 1 aromatic rings. The number of ether oxygens (including phenoxy) is 1. The van der Waals surface area contributed by atoms with Crippen LogP contribution in [0.1, 0.15) is 17.3 Å². The fraction of sp³-hybridized carbons (Fsp3) is 0.500. The van der Waals surface area contributed by atoms with Gasteiger partial charge in [0.25, 0.3) is 5.91 Å². The summed E-state index contributed by atoms with van der Waals surface area (Å²) in [5, 5.41) is 3.08. The van der Waals surface area contributed by atoms with Gasteiger partial charge in [-0.2, -0.15) is 0 Å². The largest absolute Gasteiger partial charge is 0.464 e. The molecule has 1 aromatic heterocycles. The average Bonchev–Trinajstić information content (AvgIpc) is 2.77. The fourth-order valence-corrected chi connectivity index (χ4v) is 3.49. The van der Waals surface area contributed by atoms with Gasteiger partial charge >= 0.3 is 5.97 Å². The minimum Gasteiger partial charge on any atom is -0.464 e. The number of piperazine rings is 1. The Bertz CT molecular complexity index is 521. The maximum atomic E-state index is 12.5. The van der Waals surface area contributed by atoms with E-state index < -0.39 is 12.0 Å². The molecule has 1 aliphatic heterocycles. The number of amides is 1. The van der Waals surface area contributed by atoms with Gasteiger partial charge in [-0.3, -0.25) is 4.79 Å². The van der Waals surface area contributed by atoms with Crippen molar-refractivity contribution in [1.82, 2.24) is 10.2 Å². The smallest absolute Gasteiger partial charge is 0.330 e. The predicted octanol–water partition coefficient (Wildman–Crippen LogP) is 2.03. The van der Waals surface area contributed by atoms with E-state index in [-0.39, 0.29) is 12.5 Å². The number of halogens is 2. The lowest BCUT2D eigenvalue weighted by atomic mass is 10.1. The zero-order valence-corrected chi connectivity index (χ0v) is 13.1. The summed E-state index contributed by atoms with van der Waals surface area (Å²) in [5.41, 5.74) is 0.331. The number of hydrogen-bond acceptors (Lipinski definition) is 5. The molecule has 1 aliphatic rings. The van der Waals surface area contributed by atoms with Gasteiger partial charge in [0.2, 0.25) is 0 Å². The van der Waals surface area contributed by atoms with Gasteiger partial charge in [-0.25, -0.2) is 4.79 Å². The average molecular weight is 337 g/mol. The summed E-state index contributed by atoms with van der Waals surface area (Å²) < 4.78 is 5.78.